The van der Waals surface area contributed by atoms with Gasteiger partial charge in [-0.2, -0.15) is 0 Å². The van der Waals surface area contributed by atoms with Crippen molar-refractivity contribution in [1.29, 1.82) is 0 Å². The van der Waals surface area contributed by atoms with Gasteiger partial charge >= 0.3 is 0 Å². The van der Waals surface area contributed by atoms with E-state index in [0.29, 0.717) is 11.7 Å². The standard InChI is InChI=1S/C24H20N6OS3/c31-22(16-32-23-27-28-29-30(23)14-17-7-3-1-4-8-17)25-19-11-12-20-21(13-19)34-24(26-20)33-15-18-9-5-2-6-10-18/h1-13H,14-16H2,(H,25,31). The Morgan fingerprint density at radius 2 is 1.71 bits per heavy atom. The molecular formula is C24H20N6OS3. The summed E-state index contributed by atoms with van der Waals surface area (Å²) in [6.07, 6.45) is 0. The molecule has 5 rings (SSSR count). The number of hydrogen-bond acceptors (Lipinski definition) is 8. The smallest absolute Gasteiger partial charge is 0.234 e. The van der Waals surface area contributed by atoms with Gasteiger partial charge in [0.2, 0.25) is 11.1 Å². The average Bonchev–Trinajstić information content (AvgIpc) is 3.48. The van der Waals surface area contributed by atoms with Crippen molar-refractivity contribution < 1.29 is 4.79 Å². The third-order valence-corrected chi connectivity index (χ3v) is 8.05. The normalized spacial score (nSPS) is 11.1. The summed E-state index contributed by atoms with van der Waals surface area (Å²) in [4.78, 5) is 17.3. The lowest BCUT2D eigenvalue weighted by molar-refractivity contribution is -0.113. The van der Waals surface area contributed by atoms with Crippen LogP contribution in [0.5, 0.6) is 0 Å². The van der Waals surface area contributed by atoms with Gasteiger partial charge in [0.1, 0.15) is 0 Å². The summed E-state index contributed by atoms with van der Waals surface area (Å²) in [7, 11) is 0. The van der Waals surface area contributed by atoms with Crippen LogP contribution in [0.4, 0.5) is 5.69 Å². The number of thioether (sulfide) groups is 2. The number of tetrazole rings is 1. The lowest BCUT2D eigenvalue weighted by Gasteiger charge is -2.06. The Balaban J connectivity index is 1.17. The maximum absolute atomic E-state index is 12.6. The number of rotatable bonds is 9. The Hall–Kier alpha value is -3.21. The highest BCUT2D eigenvalue weighted by Gasteiger charge is 2.12. The summed E-state index contributed by atoms with van der Waals surface area (Å²) in [5, 5.41) is 15.4. The highest BCUT2D eigenvalue weighted by molar-refractivity contribution is 8.00. The highest BCUT2D eigenvalue weighted by atomic mass is 32.2. The third kappa shape index (κ3) is 5.82. The summed E-state index contributed by atoms with van der Waals surface area (Å²) in [5.74, 6) is 0.987. The zero-order valence-electron chi connectivity index (χ0n) is 18.0. The number of aromatic nitrogens is 5. The van der Waals surface area contributed by atoms with Crippen molar-refractivity contribution >= 4 is 56.7 Å². The van der Waals surface area contributed by atoms with Crippen molar-refractivity contribution in [2.24, 2.45) is 0 Å². The van der Waals surface area contributed by atoms with Crippen molar-refractivity contribution in [3.63, 3.8) is 0 Å². The molecule has 3 aromatic carbocycles. The number of carbonyl (C=O) groups is 1. The highest BCUT2D eigenvalue weighted by Crippen LogP contribution is 2.33. The molecule has 34 heavy (non-hydrogen) atoms. The summed E-state index contributed by atoms with van der Waals surface area (Å²) < 4.78 is 3.77. The average molecular weight is 505 g/mol. The molecule has 0 atom stereocenters. The van der Waals surface area contributed by atoms with Crippen LogP contribution in [0.25, 0.3) is 10.2 Å². The molecule has 5 aromatic rings. The number of nitrogens with zero attached hydrogens (tertiary/aromatic N) is 5. The fourth-order valence-corrected chi connectivity index (χ4v) is 5.99. The maximum atomic E-state index is 12.6. The molecule has 0 saturated heterocycles. The van der Waals surface area contributed by atoms with E-state index >= 15 is 0 Å². The summed E-state index contributed by atoms with van der Waals surface area (Å²) in [6.45, 7) is 0.560. The van der Waals surface area contributed by atoms with Crippen molar-refractivity contribution in [2.75, 3.05) is 11.1 Å². The van der Waals surface area contributed by atoms with Gasteiger partial charge in [-0.1, -0.05) is 84.2 Å². The minimum absolute atomic E-state index is 0.109. The Morgan fingerprint density at radius 1 is 0.941 bits per heavy atom. The first kappa shape index (κ1) is 22.6. The van der Waals surface area contributed by atoms with Crippen LogP contribution in [-0.4, -0.2) is 36.9 Å². The number of thiazole rings is 1. The van der Waals surface area contributed by atoms with Gasteiger partial charge in [0.25, 0.3) is 0 Å². The van der Waals surface area contributed by atoms with Gasteiger partial charge in [-0.05, 0) is 39.8 Å². The molecule has 10 heteroatoms. The maximum Gasteiger partial charge on any atom is 0.234 e. The molecule has 170 valence electrons. The molecule has 0 aliphatic heterocycles. The number of fused-ring (bicyclic) bond motifs is 1. The number of benzene rings is 3. The number of carbonyl (C=O) groups excluding carboxylic acids is 1. The van der Waals surface area contributed by atoms with Gasteiger partial charge in [-0.15, -0.1) is 16.4 Å². The van der Waals surface area contributed by atoms with Gasteiger partial charge < -0.3 is 5.32 Å². The lowest BCUT2D eigenvalue weighted by atomic mass is 10.2. The van der Waals surface area contributed by atoms with E-state index in [-0.39, 0.29) is 11.7 Å². The topological polar surface area (TPSA) is 85.6 Å². The molecule has 7 nitrogen and oxygen atoms in total. The minimum atomic E-state index is -0.109. The van der Waals surface area contributed by atoms with E-state index in [1.54, 1.807) is 27.8 Å². The zero-order valence-corrected chi connectivity index (χ0v) is 20.4. The first-order valence-corrected chi connectivity index (χ1v) is 13.3. The van der Waals surface area contributed by atoms with Crippen LogP contribution in [0.1, 0.15) is 11.1 Å². The molecule has 0 aliphatic carbocycles. The van der Waals surface area contributed by atoms with Gasteiger partial charge in [0.05, 0.1) is 22.5 Å². The van der Waals surface area contributed by atoms with Crippen LogP contribution in [-0.2, 0) is 17.1 Å². The summed E-state index contributed by atoms with van der Waals surface area (Å²) in [6, 6.07) is 26.1. The van der Waals surface area contributed by atoms with E-state index in [0.717, 1.165) is 31.6 Å². The first-order valence-electron chi connectivity index (χ1n) is 10.5. The molecule has 0 saturated carbocycles. The molecule has 0 unspecified atom stereocenters. The number of amides is 1. The fourth-order valence-electron chi connectivity index (χ4n) is 3.24. The van der Waals surface area contributed by atoms with Crippen molar-refractivity contribution in [3.8, 4) is 0 Å². The van der Waals surface area contributed by atoms with Crippen LogP contribution in [0.15, 0.2) is 88.4 Å². The van der Waals surface area contributed by atoms with Crippen LogP contribution < -0.4 is 5.32 Å². The Morgan fingerprint density at radius 3 is 2.50 bits per heavy atom. The first-order chi connectivity index (χ1) is 16.7. The monoisotopic (exact) mass is 504 g/mol. The van der Waals surface area contributed by atoms with Crippen LogP contribution in [0.2, 0.25) is 0 Å². The van der Waals surface area contributed by atoms with E-state index in [4.69, 9.17) is 4.98 Å². The number of hydrogen-bond donors (Lipinski definition) is 1. The fraction of sp³-hybridized carbons (Fsp3) is 0.125. The van der Waals surface area contributed by atoms with Crippen LogP contribution >= 0.6 is 34.9 Å². The number of nitrogens with one attached hydrogen (secondary N) is 1. The van der Waals surface area contributed by atoms with E-state index in [1.807, 2.05) is 66.7 Å². The summed E-state index contributed by atoms with van der Waals surface area (Å²) in [5.41, 5.74) is 4.06. The molecular weight excluding hydrogens is 485 g/mol. The van der Waals surface area contributed by atoms with Crippen LogP contribution in [0, 0.1) is 0 Å². The Labute approximate surface area is 209 Å². The number of anilines is 1. The molecule has 0 aliphatic rings. The van der Waals surface area contributed by atoms with Crippen molar-refractivity contribution in [3.05, 3.63) is 90.0 Å². The van der Waals surface area contributed by atoms with Gasteiger partial charge in [-0.25, -0.2) is 9.67 Å². The second kappa shape index (κ2) is 10.8. The lowest BCUT2D eigenvalue weighted by Crippen LogP contribution is -2.14. The molecule has 1 amide bonds. The Kier molecular flexibility index (Phi) is 7.18. The molecule has 0 radical (unpaired) electrons. The second-order valence-corrected chi connectivity index (χ2v) is 10.6. The van der Waals surface area contributed by atoms with Gasteiger partial charge in [0, 0.05) is 11.4 Å². The molecule has 0 spiro atoms. The molecule has 0 bridgehead atoms. The van der Waals surface area contributed by atoms with E-state index in [2.05, 4.69) is 33.0 Å². The third-order valence-electron chi connectivity index (χ3n) is 4.86. The summed E-state index contributed by atoms with van der Waals surface area (Å²) >= 11 is 4.67. The van der Waals surface area contributed by atoms with E-state index in [9.17, 15) is 4.79 Å². The minimum Gasteiger partial charge on any atom is -0.325 e. The van der Waals surface area contributed by atoms with Crippen LogP contribution in [0.3, 0.4) is 0 Å². The Bertz CT molecular complexity index is 1390. The van der Waals surface area contributed by atoms with Gasteiger partial charge in [0.15, 0.2) is 4.34 Å². The van der Waals surface area contributed by atoms with Gasteiger partial charge in [-0.3, -0.25) is 4.79 Å². The van der Waals surface area contributed by atoms with Crippen molar-refractivity contribution in [1.82, 2.24) is 25.2 Å². The molecule has 2 aromatic heterocycles. The second-order valence-electron chi connectivity index (χ2n) is 7.38. The SMILES string of the molecule is O=C(CSc1nnnn1Cc1ccccc1)Nc1ccc2nc(SCc3ccccc3)sc2c1. The largest absolute Gasteiger partial charge is 0.325 e. The van der Waals surface area contributed by atoms with E-state index in [1.165, 1.54) is 17.3 Å². The van der Waals surface area contributed by atoms with Crippen molar-refractivity contribution in [2.45, 2.75) is 21.8 Å². The quantitative estimate of drug-likeness (QED) is 0.271. The van der Waals surface area contributed by atoms with E-state index < -0.39 is 0 Å². The zero-order chi connectivity index (χ0) is 23.2. The molecule has 0 fully saturated rings. The molecule has 1 N–H and O–H groups in total. The molecule has 2 heterocycles. The predicted molar refractivity (Wildman–Crippen MR) is 138 cm³/mol. The predicted octanol–water partition coefficient (Wildman–Crippen LogP) is 5.35.